The van der Waals surface area contributed by atoms with Gasteiger partial charge in [-0.15, -0.1) is 0 Å². The molecule has 0 fully saturated rings. The molecular formula is C12H11N3. The van der Waals surface area contributed by atoms with Gasteiger partial charge >= 0.3 is 0 Å². The second-order valence-electron chi connectivity index (χ2n) is 3.74. The molecule has 2 aromatic rings. The Morgan fingerprint density at radius 2 is 2.13 bits per heavy atom. The minimum absolute atomic E-state index is 0.870. The molecule has 0 aliphatic carbocycles. The molecule has 0 radical (unpaired) electrons. The smallest absolute Gasteiger partial charge is 0.0665 e. The lowest BCUT2D eigenvalue weighted by atomic mass is 10.1. The van der Waals surface area contributed by atoms with E-state index in [0.29, 0.717) is 0 Å². The van der Waals surface area contributed by atoms with E-state index < -0.39 is 0 Å². The van der Waals surface area contributed by atoms with Gasteiger partial charge in [-0.05, 0) is 17.7 Å². The first kappa shape index (κ1) is 8.41. The van der Waals surface area contributed by atoms with E-state index in [4.69, 9.17) is 0 Å². The quantitative estimate of drug-likeness (QED) is 0.788. The van der Waals surface area contributed by atoms with Gasteiger partial charge in [-0.3, -0.25) is 10.1 Å². The summed E-state index contributed by atoms with van der Waals surface area (Å²) in [6, 6.07) is 10.3. The van der Waals surface area contributed by atoms with E-state index in [-0.39, 0.29) is 0 Å². The van der Waals surface area contributed by atoms with E-state index in [0.717, 1.165) is 24.2 Å². The van der Waals surface area contributed by atoms with Gasteiger partial charge in [0.25, 0.3) is 0 Å². The largest absolute Gasteiger partial charge is 0.282 e. The van der Waals surface area contributed by atoms with Crippen molar-refractivity contribution in [3.63, 3.8) is 0 Å². The van der Waals surface area contributed by atoms with Crippen LogP contribution in [0.15, 0.2) is 41.5 Å². The minimum Gasteiger partial charge on any atom is -0.282 e. The number of H-pyrrole nitrogens is 1. The van der Waals surface area contributed by atoms with Gasteiger partial charge in [0.1, 0.15) is 0 Å². The monoisotopic (exact) mass is 197 g/mol. The number of fused-ring (bicyclic) bond motifs is 1. The number of hydrogen-bond donors (Lipinski definition) is 1. The summed E-state index contributed by atoms with van der Waals surface area (Å²) >= 11 is 0. The summed E-state index contributed by atoms with van der Waals surface area (Å²) in [5.41, 5.74) is 4.78. The van der Waals surface area contributed by atoms with Crippen molar-refractivity contribution in [1.29, 1.82) is 0 Å². The molecule has 1 aromatic carbocycles. The average Bonchev–Trinajstić information content (AvgIpc) is 2.86. The maximum Gasteiger partial charge on any atom is 0.0665 e. The summed E-state index contributed by atoms with van der Waals surface area (Å²) < 4.78 is 0. The maximum absolute atomic E-state index is 4.60. The lowest BCUT2D eigenvalue weighted by molar-refractivity contribution is 1.02. The molecule has 3 rings (SSSR count). The molecule has 0 spiro atoms. The third-order valence-electron chi connectivity index (χ3n) is 2.62. The molecule has 1 N–H and O–H groups in total. The Morgan fingerprint density at radius 3 is 2.93 bits per heavy atom. The average molecular weight is 197 g/mol. The first-order valence-electron chi connectivity index (χ1n) is 5.04. The van der Waals surface area contributed by atoms with Crippen molar-refractivity contribution in [1.82, 2.24) is 10.2 Å². The molecule has 1 aliphatic heterocycles. The molecule has 0 saturated heterocycles. The molecule has 1 aliphatic rings. The van der Waals surface area contributed by atoms with Crippen LogP contribution in [0.25, 0.3) is 0 Å². The molecule has 0 saturated carbocycles. The summed E-state index contributed by atoms with van der Waals surface area (Å²) in [5.74, 6) is 0. The molecular weight excluding hydrogens is 186 g/mol. The minimum atomic E-state index is 0.870. The molecule has 2 heterocycles. The fraction of sp³-hybridized carbons (Fsp3) is 0.167. The number of aromatic nitrogens is 2. The predicted molar refractivity (Wildman–Crippen MR) is 59.5 cm³/mol. The lowest BCUT2D eigenvalue weighted by Gasteiger charge is -1.96. The highest BCUT2D eigenvalue weighted by molar-refractivity contribution is 5.95. The third kappa shape index (κ3) is 1.56. The summed E-state index contributed by atoms with van der Waals surface area (Å²) in [7, 11) is 0. The zero-order valence-corrected chi connectivity index (χ0v) is 8.27. The number of hydrogen-bond acceptors (Lipinski definition) is 2. The lowest BCUT2D eigenvalue weighted by Crippen LogP contribution is -2.02. The normalized spacial score (nSPS) is 13.7. The SMILES string of the molecule is c1ccc2c(c1)CC(Cc1ccn[nH]1)=N2. The molecule has 0 bridgehead atoms. The van der Waals surface area contributed by atoms with E-state index in [1.54, 1.807) is 6.20 Å². The van der Waals surface area contributed by atoms with Crippen molar-refractivity contribution in [3.8, 4) is 0 Å². The fourth-order valence-corrected chi connectivity index (χ4v) is 1.90. The number of aromatic amines is 1. The van der Waals surface area contributed by atoms with Gasteiger partial charge in [0.15, 0.2) is 0 Å². The Hall–Kier alpha value is -1.90. The van der Waals surface area contributed by atoms with Crippen LogP contribution in [0.3, 0.4) is 0 Å². The highest BCUT2D eigenvalue weighted by Gasteiger charge is 2.13. The Labute approximate surface area is 87.9 Å². The molecule has 0 atom stereocenters. The molecule has 74 valence electrons. The topological polar surface area (TPSA) is 41.0 Å². The van der Waals surface area contributed by atoms with Crippen LogP contribution < -0.4 is 0 Å². The van der Waals surface area contributed by atoms with Gasteiger partial charge in [0.05, 0.1) is 5.69 Å². The second kappa shape index (κ2) is 3.35. The summed E-state index contributed by atoms with van der Waals surface area (Å²) in [6.45, 7) is 0. The molecule has 1 aromatic heterocycles. The first-order valence-corrected chi connectivity index (χ1v) is 5.04. The van der Waals surface area contributed by atoms with Crippen molar-refractivity contribution in [3.05, 3.63) is 47.8 Å². The Kier molecular flexibility index (Phi) is 1.88. The van der Waals surface area contributed by atoms with E-state index in [1.807, 2.05) is 12.1 Å². The number of benzene rings is 1. The number of nitrogens with zero attached hydrogens (tertiary/aromatic N) is 2. The van der Waals surface area contributed by atoms with Crippen LogP contribution in [0.2, 0.25) is 0 Å². The Bertz CT molecular complexity index is 497. The predicted octanol–water partition coefficient (Wildman–Crippen LogP) is 2.28. The van der Waals surface area contributed by atoms with Gasteiger partial charge in [-0.25, -0.2) is 0 Å². The summed E-state index contributed by atoms with van der Waals surface area (Å²) in [5, 5.41) is 6.89. The fourth-order valence-electron chi connectivity index (χ4n) is 1.90. The zero-order chi connectivity index (χ0) is 10.1. The van der Waals surface area contributed by atoms with Crippen LogP contribution in [0.4, 0.5) is 5.69 Å². The molecule has 3 nitrogen and oxygen atoms in total. The standard InChI is InChI=1S/C12H11N3/c1-2-4-12-9(3-1)7-11(14-12)8-10-5-6-13-15-10/h1-6H,7-8H2,(H,13,15). The van der Waals surface area contributed by atoms with Crippen molar-refractivity contribution < 1.29 is 0 Å². The van der Waals surface area contributed by atoms with Crippen LogP contribution in [-0.2, 0) is 12.8 Å². The van der Waals surface area contributed by atoms with Crippen LogP contribution in [0.1, 0.15) is 11.3 Å². The van der Waals surface area contributed by atoms with Gasteiger partial charge in [0.2, 0.25) is 0 Å². The van der Waals surface area contributed by atoms with Crippen LogP contribution >= 0.6 is 0 Å². The third-order valence-corrected chi connectivity index (χ3v) is 2.62. The molecule has 0 unspecified atom stereocenters. The van der Waals surface area contributed by atoms with Crippen molar-refractivity contribution >= 4 is 11.4 Å². The second-order valence-corrected chi connectivity index (χ2v) is 3.74. The van der Waals surface area contributed by atoms with Crippen LogP contribution in [-0.4, -0.2) is 15.9 Å². The Morgan fingerprint density at radius 1 is 1.20 bits per heavy atom. The van der Waals surface area contributed by atoms with E-state index in [2.05, 4.69) is 33.4 Å². The molecule has 15 heavy (non-hydrogen) atoms. The highest BCUT2D eigenvalue weighted by atomic mass is 15.1. The van der Waals surface area contributed by atoms with Gasteiger partial charge in [0, 0.05) is 30.4 Å². The maximum atomic E-state index is 4.60. The van der Waals surface area contributed by atoms with E-state index in [1.165, 1.54) is 11.3 Å². The van der Waals surface area contributed by atoms with E-state index in [9.17, 15) is 0 Å². The number of nitrogens with one attached hydrogen (secondary N) is 1. The number of aliphatic imine (C=N–C) groups is 1. The summed E-state index contributed by atoms with van der Waals surface area (Å²) in [4.78, 5) is 4.60. The number of rotatable bonds is 2. The highest BCUT2D eigenvalue weighted by Crippen LogP contribution is 2.26. The van der Waals surface area contributed by atoms with Crippen molar-refractivity contribution in [2.24, 2.45) is 4.99 Å². The van der Waals surface area contributed by atoms with Crippen LogP contribution in [0.5, 0.6) is 0 Å². The van der Waals surface area contributed by atoms with Crippen molar-refractivity contribution in [2.45, 2.75) is 12.8 Å². The summed E-state index contributed by atoms with van der Waals surface area (Å²) in [6.07, 6.45) is 3.61. The molecule has 3 heteroatoms. The van der Waals surface area contributed by atoms with Gasteiger partial charge in [-0.1, -0.05) is 18.2 Å². The van der Waals surface area contributed by atoms with Crippen LogP contribution in [0, 0.1) is 0 Å². The number of para-hydroxylation sites is 1. The Balaban J connectivity index is 1.83. The van der Waals surface area contributed by atoms with Gasteiger partial charge < -0.3 is 0 Å². The van der Waals surface area contributed by atoms with Gasteiger partial charge in [-0.2, -0.15) is 5.10 Å². The van der Waals surface area contributed by atoms with Crippen molar-refractivity contribution in [2.75, 3.05) is 0 Å². The first-order chi connectivity index (χ1) is 7.42. The van der Waals surface area contributed by atoms with E-state index >= 15 is 0 Å². The zero-order valence-electron chi connectivity index (χ0n) is 8.27. The molecule has 0 amide bonds.